The molecule has 0 saturated carbocycles. The summed E-state index contributed by atoms with van der Waals surface area (Å²) < 4.78 is 5.55. The predicted octanol–water partition coefficient (Wildman–Crippen LogP) is 0.983. The maximum Gasteiger partial charge on any atom is 0.335 e. The zero-order valence-electron chi connectivity index (χ0n) is 15.2. The van der Waals surface area contributed by atoms with Gasteiger partial charge in [-0.25, -0.2) is 4.79 Å². The number of ether oxygens (including phenoxy) is 1. The van der Waals surface area contributed by atoms with Gasteiger partial charge in [-0.3, -0.25) is 4.79 Å². The second kappa shape index (κ2) is 7.29. The smallest absolute Gasteiger partial charge is 0.335 e. The van der Waals surface area contributed by atoms with E-state index in [2.05, 4.69) is 5.32 Å². The van der Waals surface area contributed by atoms with Gasteiger partial charge in [-0.1, -0.05) is 38.3 Å². The molecule has 0 radical (unpaired) electrons. The van der Waals surface area contributed by atoms with E-state index in [-0.39, 0.29) is 12.5 Å². The highest BCUT2D eigenvalue weighted by atomic mass is 16.6. The Bertz CT molecular complexity index is 587. The molecule has 2 aliphatic heterocycles. The number of aliphatic hydroxyl groups excluding tert-OH is 2. The van der Waals surface area contributed by atoms with Gasteiger partial charge in [-0.05, 0) is 25.7 Å². The third-order valence-corrected chi connectivity index (χ3v) is 6.19. The molecule has 7 nitrogen and oxygen atoms in total. The first-order valence-corrected chi connectivity index (χ1v) is 9.63. The summed E-state index contributed by atoms with van der Waals surface area (Å²) in [6.45, 7) is 2.09. The highest BCUT2D eigenvalue weighted by Crippen LogP contribution is 2.54. The Morgan fingerprint density at radius 3 is 2.69 bits per heavy atom. The summed E-state index contributed by atoms with van der Waals surface area (Å²) in [6, 6.07) is 0. The van der Waals surface area contributed by atoms with E-state index in [4.69, 9.17) is 4.74 Å². The lowest BCUT2D eigenvalue weighted by molar-refractivity contribution is -0.156. The molecule has 0 aromatic heterocycles. The molecule has 2 fully saturated rings. The minimum absolute atomic E-state index is 0.0427. The standard InChI is InChI=1S/C19H29NO6/c1-2-3-5-10-13(21)14-16(23)20-19(17(24)25,18(14)11-26-18)15(22)12-8-6-4-7-9-12/h6,8,12-15,21-22H,2-5,7,9-11H2,1H3,(H,20,23)(H,24,25)/t12-,13?,14+,15+,18+,19+/m1/s1. The van der Waals surface area contributed by atoms with Gasteiger partial charge in [0.15, 0.2) is 5.54 Å². The Morgan fingerprint density at radius 2 is 2.15 bits per heavy atom. The Morgan fingerprint density at radius 1 is 1.42 bits per heavy atom. The molecule has 6 atom stereocenters. The Kier molecular flexibility index (Phi) is 5.42. The zero-order valence-corrected chi connectivity index (χ0v) is 15.2. The van der Waals surface area contributed by atoms with Crippen LogP contribution in [0.5, 0.6) is 0 Å². The maximum absolute atomic E-state index is 12.7. The number of carbonyl (C=O) groups is 2. The first-order chi connectivity index (χ1) is 12.4. The van der Waals surface area contributed by atoms with Gasteiger partial charge in [0, 0.05) is 5.92 Å². The van der Waals surface area contributed by atoms with Gasteiger partial charge >= 0.3 is 5.97 Å². The van der Waals surface area contributed by atoms with Crippen molar-refractivity contribution in [2.24, 2.45) is 11.8 Å². The van der Waals surface area contributed by atoms with Crippen molar-refractivity contribution < 1.29 is 29.6 Å². The molecule has 0 aromatic rings. The van der Waals surface area contributed by atoms with Gasteiger partial charge < -0.3 is 25.4 Å². The number of carboxylic acids is 1. The van der Waals surface area contributed by atoms with Crippen LogP contribution in [-0.4, -0.2) is 57.2 Å². The summed E-state index contributed by atoms with van der Waals surface area (Å²) in [4.78, 5) is 24.9. The zero-order chi connectivity index (χ0) is 18.9. The van der Waals surface area contributed by atoms with Crippen LogP contribution in [0.1, 0.15) is 51.9 Å². The molecule has 1 unspecified atom stereocenters. The molecule has 2 saturated heterocycles. The van der Waals surface area contributed by atoms with Crippen molar-refractivity contribution in [1.29, 1.82) is 0 Å². The number of aliphatic carboxylic acids is 1. The molecule has 2 heterocycles. The summed E-state index contributed by atoms with van der Waals surface area (Å²) >= 11 is 0. The monoisotopic (exact) mass is 367 g/mol. The third-order valence-electron chi connectivity index (χ3n) is 6.19. The summed E-state index contributed by atoms with van der Waals surface area (Å²) in [5, 5.41) is 34.1. The largest absolute Gasteiger partial charge is 0.479 e. The average Bonchev–Trinajstić information content (AvgIpc) is 3.35. The number of epoxide rings is 1. The number of rotatable bonds is 8. The van der Waals surface area contributed by atoms with Crippen LogP contribution in [0.2, 0.25) is 0 Å². The minimum atomic E-state index is -1.92. The molecule has 1 spiro atoms. The van der Waals surface area contributed by atoms with E-state index in [0.717, 1.165) is 32.1 Å². The molecule has 0 aromatic carbocycles. The second-order valence-electron chi connectivity index (χ2n) is 7.79. The fourth-order valence-electron chi connectivity index (χ4n) is 4.68. The lowest BCUT2D eigenvalue weighted by Crippen LogP contribution is -2.67. The quantitative estimate of drug-likeness (QED) is 0.288. The molecular weight excluding hydrogens is 338 g/mol. The number of hydrogen-bond acceptors (Lipinski definition) is 5. The number of unbranched alkanes of at least 4 members (excludes halogenated alkanes) is 2. The molecule has 7 heteroatoms. The molecule has 3 rings (SSSR count). The van der Waals surface area contributed by atoms with Crippen molar-refractivity contribution in [3.63, 3.8) is 0 Å². The summed E-state index contributed by atoms with van der Waals surface area (Å²) in [6.07, 6.45) is 6.95. The van der Waals surface area contributed by atoms with Gasteiger partial charge in [0.2, 0.25) is 5.91 Å². The SMILES string of the molecule is CCCCCC(O)[C@H]1C(=O)N[C@](C(=O)O)([C@@H](O)[C@@H]2C=CCCC2)[C@]12CO2. The number of amides is 1. The van der Waals surface area contributed by atoms with Crippen LogP contribution >= 0.6 is 0 Å². The van der Waals surface area contributed by atoms with E-state index in [1.165, 1.54) is 0 Å². The highest BCUT2D eigenvalue weighted by molar-refractivity contribution is 5.97. The van der Waals surface area contributed by atoms with E-state index in [1.54, 1.807) is 0 Å². The highest BCUT2D eigenvalue weighted by Gasteiger charge is 2.80. The van der Waals surface area contributed by atoms with E-state index in [0.29, 0.717) is 12.8 Å². The van der Waals surface area contributed by atoms with E-state index >= 15 is 0 Å². The van der Waals surface area contributed by atoms with Crippen molar-refractivity contribution in [3.05, 3.63) is 12.2 Å². The molecule has 0 bridgehead atoms. The Hall–Kier alpha value is -1.44. The predicted molar refractivity (Wildman–Crippen MR) is 93.3 cm³/mol. The molecule has 3 aliphatic rings. The second-order valence-corrected chi connectivity index (χ2v) is 7.79. The van der Waals surface area contributed by atoms with Gasteiger partial charge in [-0.15, -0.1) is 0 Å². The van der Waals surface area contributed by atoms with E-state index in [9.17, 15) is 24.9 Å². The first-order valence-electron chi connectivity index (χ1n) is 9.63. The molecular formula is C19H29NO6. The number of aliphatic hydroxyl groups is 2. The average molecular weight is 367 g/mol. The van der Waals surface area contributed by atoms with Crippen LogP contribution in [0.4, 0.5) is 0 Å². The molecule has 1 aliphatic carbocycles. The maximum atomic E-state index is 12.7. The van der Waals surface area contributed by atoms with Crippen LogP contribution in [0.15, 0.2) is 12.2 Å². The van der Waals surface area contributed by atoms with Gasteiger partial charge in [-0.2, -0.15) is 0 Å². The van der Waals surface area contributed by atoms with Crippen LogP contribution < -0.4 is 5.32 Å². The Balaban J connectivity index is 1.89. The number of hydrogen-bond donors (Lipinski definition) is 4. The van der Waals surface area contributed by atoms with Crippen molar-refractivity contribution >= 4 is 11.9 Å². The van der Waals surface area contributed by atoms with E-state index in [1.807, 2.05) is 19.1 Å². The number of nitrogens with one attached hydrogen (secondary N) is 1. The van der Waals surface area contributed by atoms with Crippen molar-refractivity contribution in [2.75, 3.05) is 6.61 Å². The number of carboxylic acid groups (broad SMARTS) is 1. The van der Waals surface area contributed by atoms with Crippen molar-refractivity contribution in [3.8, 4) is 0 Å². The first kappa shape index (κ1) is 19.3. The van der Waals surface area contributed by atoms with Gasteiger partial charge in [0.05, 0.1) is 24.7 Å². The molecule has 4 N–H and O–H groups in total. The molecule has 146 valence electrons. The lowest BCUT2D eigenvalue weighted by atomic mass is 9.69. The van der Waals surface area contributed by atoms with Crippen LogP contribution in [-0.2, 0) is 14.3 Å². The third kappa shape index (κ3) is 2.86. The van der Waals surface area contributed by atoms with Crippen molar-refractivity contribution in [2.45, 2.75) is 75.2 Å². The van der Waals surface area contributed by atoms with Gasteiger partial charge in [0.25, 0.3) is 0 Å². The fourth-order valence-corrected chi connectivity index (χ4v) is 4.68. The lowest BCUT2D eigenvalue weighted by Gasteiger charge is -2.38. The molecule has 26 heavy (non-hydrogen) atoms. The summed E-state index contributed by atoms with van der Waals surface area (Å²) in [7, 11) is 0. The molecule has 1 amide bonds. The van der Waals surface area contributed by atoms with Crippen LogP contribution in [0, 0.1) is 11.8 Å². The topological polar surface area (TPSA) is 119 Å². The fraction of sp³-hybridized carbons (Fsp3) is 0.789. The van der Waals surface area contributed by atoms with E-state index < -0.39 is 41.1 Å². The number of carbonyl (C=O) groups excluding carboxylic acids is 1. The number of allylic oxidation sites excluding steroid dienone is 1. The van der Waals surface area contributed by atoms with Crippen LogP contribution in [0.25, 0.3) is 0 Å². The summed E-state index contributed by atoms with van der Waals surface area (Å²) in [5.74, 6) is -3.19. The Labute approximate surface area is 153 Å². The summed E-state index contributed by atoms with van der Waals surface area (Å²) in [5.41, 5.74) is -3.31. The van der Waals surface area contributed by atoms with Crippen molar-refractivity contribution in [1.82, 2.24) is 5.32 Å². The normalized spacial score (nSPS) is 38.2. The van der Waals surface area contributed by atoms with Gasteiger partial charge in [0.1, 0.15) is 5.60 Å². The minimum Gasteiger partial charge on any atom is -0.479 e. The van der Waals surface area contributed by atoms with Crippen LogP contribution in [0.3, 0.4) is 0 Å².